The molecule has 1 heterocycles. The maximum absolute atomic E-state index is 8.82. The van der Waals surface area contributed by atoms with Crippen molar-refractivity contribution in [1.29, 1.82) is 0 Å². The van der Waals surface area contributed by atoms with Gasteiger partial charge in [0.2, 0.25) is 0 Å². The van der Waals surface area contributed by atoms with Crippen LogP contribution in [0, 0.1) is 5.92 Å². The Morgan fingerprint density at radius 1 is 1.54 bits per heavy atom. The van der Waals surface area contributed by atoms with E-state index >= 15 is 0 Å². The number of aliphatic hydroxyl groups excluding tert-OH is 1. The Bertz CT molecular complexity index is 304. The molecule has 0 spiro atoms. The van der Waals surface area contributed by atoms with Crippen LogP contribution in [0.15, 0.2) is 12.4 Å². The lowest BCUT2D eigenvalue weighted by Crippen LogP contribution is -2.10. The van der Waals surface area contributed by atoms with Crippen LogP contribution in [0.3, 0.4) is 0 Å². The van der Waals surface area contributed by atoms with E-state index in [4.69, 9.17) is 10.8 Å². The number of aromatic nitrogens is 2. The Morgan fingerprint density at radius 2 is 2.31 bits per heavy atom. The second-order valence-electron chi connectivity index (χ2n) is 3.22. The topological polar surface area (TPSA) is 84.1 Å². The van der Waals surface area contributed by atoms with E-state index in [9.17, 15) is 0 Å². The first-order valence-corrected chi connectivity index (χ1v) is 4.25. The van der Waals surface area contributed by atoms with Gasteiger partial charge in [-0.25, -0.2) is 9.97 Å². The molecular formula is C8H12N4O. The highest BCUT2D eigenvalue weighted by Gasteiger charge is 2.36. The zero-order valence-electron chi connectivity index (χ0n) is 7.14. The predicted molar refractivity (Wildman–Crippen MR) is 49.0 cm³/mol. The molecule has 1 aliphatic rings. The van der Waals surface area contributed by atoms with E-state index in [1.54, 1.807) is 12.4 Å². The lowest BCUT2D eigenvalue weighted by molar-refractivity contribution is 0.275. The van der Waals surface area contributed by atoms with E-state index in [1.807, 2.05) is 0 Å². The molecule has 0 saturated heterocycles. The maximum atomic E-state index is 8.82. The van der Waals surface area contributed by atoms with Crippen molar-refractivity contribution in [2.75, 3.05) is 17.7 Å². The molecule has 1 aliphatic carbocycles. The minimum Gasteiger partial charge on any atom is -0.396 e. The minimum absolute atomic E-state index is 0.220. The SMILES string of the molecule is Nc1nccnc1NC1CC1CO. The molecule has 2 rings (SSSR count). The van der Waals surface area contributed by atoms with Crippen LogP contribution in [0.2, 0.25) is 0 Å². The number of aliphatic hydroxyl groups is 1. The Balaban J connectivity index is 1.99. The average Bonchev–Trinajstić information content (AvgIpc) is 2.88. The summed E-state index contributed by atoms with van der Waals surface area (Å²) in [4.78, 5) is 7.95. The minimum atomic E-state index is 0.220. The van der Waals surface area contributed by atoms with Gasteiger partial charge < -0.3 is 16.2 Å². The van der Waals surface area contributed by atoms with Crippen LogP contribution in [0.5, 0.6) is 0 Å². The van der Waals surface area contributed by atoms with Gasteiger partial charge in [0, 0.05) is 31.0 Å². The molecule has 2 atom stereocenters. The fourth-order valence-corrected chi connectivity index (χ4v) is 1.26. The third-order valence-electron chi connectivity index (χ3n) is 2.21. The molecule has 0 radical (unpaired) electrons. The van der Waals surface area contributed by atoms with Crippen molar-refractivity contribution in [3.8, 4) is 0 Å². The summed E-state index contributed by atoms with van der Waals surface area (Å²) < 4.78 is 0. The number of nitrogen functional groups attached to an aromatic ring is 1. The van der Waals surface area contributed by atoms with Gasteiger partial charge in [-0.3, -0.25) is 0 Å². The summed E-state index contributed by atoms with van der Waals surface area (Å²) in [5, 5.41) is 11.9. The standard InChI is InChI=1S/C8H12N4O/c9-7-8(11-2-1-10-7)12-6-3-5(6)4-13/h1-2,5-6,13H,3-4H2,(H2,9,10)(H,11,12). The van der Waals surface area contributed by atoms with E-state index < -0.39 is 0 Å². The molecule has 0 bridgehead atoms. The molecular weight excluding hydrogens is 168 g/mol. The molecule has 13 heavy (non-hydrogen) atoms. The first-order valence-electron chi connectivity index (χ1n) is 4.25. The van der Waals surface area contributed by atoms with Gasteiger partial charge in [0.1, 0.15) is 0 Å². The highest BCUT2D eigenvalue weighted by molar-refractivity contribution is 5.56. The predicted octanol–water partition coefficient (Wildman–Crippen LogP) is -0.149. The zero-order chi connectivity index (χ0) is 9.26. The summed E-state index contributed by atoms with van der Waals surface area (Å²) in [5.41, 5.74) is 5.58. The van der Waals surface area contributed by atoms with E-state index in [0.717, 1.165) is 6.42 Å². The molecule has 2 unspecified atom stereocenters. The second-order valence-corrected chi connectivity index (χ2v) is 3.22. The monoisotopic (exact) mass is 180 g/mol. The van der Waals surface area contributed by atoms with E-state index in [0.29, 0.717) is 23.6 Å². The number of anilines is 2. The first-order chi connectivity index (χ1) is 6.31. The summed E-state index contributed by atoms with van der Waals surface area (Å²) in [6, 6.07) is 0.309. The summed E-state index contributed by atoms with van der Waals surface area (Å²) in [6.07, 6.45) is 4.12. The summed E-state index contributed by atoms with van der Waals surface area (Å²) in [7, 11) is 0. The zero-order valence-corrected chi connectivity index (χ0v) is 7.14. The average molecular weight is 180 g/mol. The van der Waals surface area contributed by atoms with Gasteiger partial charge >= 0.3 is 0 Å². The Hall–Kier alpha value is -1.36. The van der Waals surface area contributed by atoms with Gasteiger partial charge in [0.05, 0.1) is 0 Å². The molecule has 5 nitrogen and oxygen atoms in total. The quantitative estimate of drug-likeness (QED) is 0.602. The fraction of sp³-hybridized carbons (Fsp3) is 0.500. The molecule has 4 N–H and O–H groups in total. The van der Waals surface area contributed by atoms with Gasteiger partial charge in [-0.2, -0.15) is 0 Å². The van der Waals surface area contributed by atoms with Crippen LogP contribution in [0.25, 0.3) is 0 Å². The lowest BCUT2D eigenvalue weighted by atomic mass is 10.4. The van der Waals surface area contributed by atoms with Crippen LogP contribution >= 0.6 is 0 Å². The largest absolute Gasteiger partial charge is 0.396 e. The molecule has 1 fully saturated rings. The van der Waals surface area contributed by atoms with E-state index in [2.05, 4.69) is 15.3 Å². The van der Waals surface area contributed by atoms with Crippen molar-refractivity contribution < 1.29 is 5.11 Å². The molecule has 70 valence electrons. The van der Waals surface area contributed by atoms with Crippen LogP contribution < -0.4 is 11.1 Å². The van der Waals surface area contributed by atoms with Gasteiger partial charge in [-0.05, 0) is 6.42 Å². The molecule has 0 amide bonds. The van der Waals surface area contributed by atoms with Crippen LogP contribution in [0.4, 0.5) is 11.6 Å². The van der Waals surface area contributed by atoms with Crippen LogP contribution in [-0.2, 0) is 0 Å². The molecule has 1 saturated carbocycles. The van der Waals surface area contributed by atoms with Crippen LogP contribution in [0.1, 0.15) is 6.42 Å². The summed E-state index contributed by atoms with van der Waals surface area (Å²) in [6.45, 7) is 0.220. The van der Waals surface area contributed by atoms with E-state index in [-0.39, 0.29) is 6.61 Å². The van der Waals surface area contributed by atoms with Crippen molar-refractivity contribution in [3.05, 3.63) is 12.4 Å². The third kappa shape index (κ3) is 1.70. The normalized spacial score (nSPS) is 25.6. The second kappa shape index (κ2) is 3.18. The Labute approximate surface area is 76.0 Å². The van der Waals surface area contributed by atoms with Gasteiger partial charge in [0.15, 0.2) is 11.6 Å². The molecule has 0 aromatic carbocycles. The van der Waals surface area contributed by atoms with Crippen molar-refractivity contribution in [1.82, 2.24) is 9.97 Å². The Kier molecular flexibility index (Phi) is 2.02. The van der Waals surface area contributed by atoms with Gasteiger partial charge in [0.25, 0.3) is 0 Å². The summed E-state index contributed by atoms with van der Waals surface area (Å²) >= 11 is 0. The van der Waals surface area contributed by atoms with Crippen molar-refractivity contribution in [3.63, 3.8) is 0 Å². The third-order valence-corrected chi connectivity index (χ3v) is 2.21. The number of nitrogens with zero attached hydrogens (tertiary/aromatic N) is 2. The molecule has 0 aliphatic heterocycles. The first kappa shape index (κ1) is 8.25. The van der Waals surface area contributed by atoms with Gasteiger partial charge in [-0.15, -0.1) is 0 Å². The van der Waals surface area contributed by atoms with Crippen molar-refractivity contribution in [2.45, 2.75) is 12.5 Å². The molecule has 1 aromatic rings. The van der Waals surface area contributed by atoms with E-state index in [1.165, 1.54) is 0 Å². The smallest absolute Gasteiger partial charge is 0.169 e. The Morgan fingerprint density at radius 3 is 2.92 bits per heavy atom. The van der Waals surface area contributed by atoms with Gasteiger partial charge in [-0.1, -0.05) is 0 Å². The lowest BCUT2D eigenvalue weighted by Gasteiger charge is -2.05. The fourth-order valence-electron chi connectivity index (χ4n) is 1.26. The highest BCUT2D eigenvalue weighted by atomic mass is 16.3. The van der Waals surface area contributed by atoms with Crippen molar-refractivity contribution in [2.24, 2.45) is 5.92 Å². The highest BCUT2D eigenvalue weighted by Crippen LogP contribution is 2.33. The van der Waals surface area contributed by atoms with Crippen LogP contribution in [-0.4, -0.2) is 27.7 Å². The number of nitrogens with one attached hydrogen (secondary N) is 1. The molecule has 1 aromatic heterocycles. The number of nitrogens with two attached hydrogens (primary N) is 1. The molecule has 5 heteroatoms. The number of hydrogen-bond donors (Lipinski definition) is 3. The van der Waals surface area contributed by atoms with Crippen molar-refractivity contribution >= 4 is 11.6 Å². The number of rotatable bonds is 3. The number of hydrogen-bond acceptors (Lipinski definition) is 5. The maximum Gasteiger partial charge on any atom is 0.169 e. The summed E-state index contributed by atoms with van der Waals surface area (Å²) in [5.74, 6) is 1.37.